The predicted molar refractivity (Wildman–Crippen MR) is 71.0 cm³/mol. The molecule has 4 heteroatoms. The van der Waals surface area contributed by atoms with Gasteiger partial charge in [0.15, 0.2) is 0 Å². The lowest BCUT2D eigenvalue weighted by molar-refractivity contribution is -0.146. The Hall–Kier alpha value is -0.610. The van der Waals surface area contributed by atoms with E-state index in [-0.39, 0.29) is 17.9 Å². The van der Waals surface area contributed by atoms with Crippen LogP contribution in [0.2, 0.25) is 0 Å². The molecule has 0 rings (SSSR count). The predicted octanol–water partition coefficient (Wildman–Crippen LogP) is 1.51. The summed E-state index contributed by atoms with van der Waals surface area (Å²) >= 11 is 0. The summed E-state index contributed by atoms with van der Waals surface area (Å²) in [7, 11) is 0. The molecule has 0 radical (unpaired) electrons. The number of carbonyl (C=O) groups is 1. The topological polar surface area (TPSA) is 41.6 Å². The molecule has 4 nitrogen and oxygen atoms in total. The van der Waals surface area contributed by atoms with Crippen molar-refractivity contribution in [2.24, 2.45) is 5.92 Å². The van der Waals surface area contributed by atoms with Crippen molar-refractivity contribution in [2.45, 2.75) is 40.7 Å². The first-order valence-electron chi connectivity index (χ1n) is 6.69. The van der Waals surface area contributed by atoms with E-state index in [4.69, 9.17) is 4.74 Å². The fraction of sp³-hybridized carbons (Fsp3) is 0.923. The van der Waals surface area contributed by atoms with Crippen molar-refractivity contribution >= 4 is 5.97 Å². The summed E-state index contributed by atoms with van der Waals surface area (Å²) in [6, 6.07) is -0.189. The minimum atomic E-state index is -0.189. The van der Waals surface area contributed by atoms with Crippen LogP contribution >= 0.6 is 0 Å². The van der Waals surface area contributed by atoms with Gasteiger partial charge in [-0.1, -0.05) is 27.7 Å². The van der Waals surface area contributed by atoms with Crippen LogP contribution in [-0.2, 0) is 9.53 Å². The van der Waals surface area contributed by atoms with E-state index in [1.54, 1.807) is 0 Å². The maximum atomic E-state index is 11.7. The standard InChI is InChI=1S/C13H28N2O2/c1-6-15(7-2)10-9-14-12(11(4)5)13(16)17-8-3/h11-12,14H,6-10H2,1-5H3. The van der Waals surface area contributed by atoms with E-state index in [1.165, 1.54) is 0 Å². The minimum Gasteiger partial charge on any atom is -0.465 e. The second kappa shape index (κ2) is 9.42. The van der Waals surface area contributed by atoms with Gasteiger partial charge in [0, 0.05) is 13.1 Å². The van der Waals surface area contributed by atoms with Gasteiger partial charge >= 0.3 is 5.97 Å². The third-order valence-corrected chi connectivity index (χ3v) is 2.89. The Labute approximate surface area is 106 Å². The molecule has 0 saturated heterocycles. The molecule has 102 valence electrons. The smallest absolute Gasteiger partial charge is 0.323 e. The van der Waals surface area contributed by atoms with Gasteiger partial charge in [-0.3, -0.25) is 4.79 Å². The molecular weight excluding hydrogens is 216 g/mol. The second-order valence-electron chi connectivity index (χ2n) is 4.45. The van der Waals surface area contributed by atoms with Gasteiger partial charge in [0.25, 0.3) is 0 Å². The van der Waals surface area contributed by atoms with E-state index < -0.39 is 0 Å². The molecular formula is C13H28N2O2. The van der Waals surface area contributed by atoms with Gasteiger partial charge in [0.1, 0.15) is 6.04 Å². The van der Waals surface area contributed by atoms with E-state index in [2.05, 4.69) is 24.1 Å². The summed E-state index contributed by atoms with van der Waals surface area (Å²) in [5, 5.41) is 3.29. The number of hydrogen-bond acceptors (Lipinski definition) is 4. The highest BCUT2D eigenvalue weighted by Gasteiger charge is 2.22. The highest BCUT2D eigenvalue weighted by atomic mass is 16.5. The zero-order chi connectivity index (χ0) is 13.3. The minimum absolute atomic E-state index is 0.137. The van der Waals surface area contributed by atoms with E-state index >= 15 is 0 Å². The van der Waals surface area contributed by atoms with E-state index in [1.807, 2.05) is 20.8 Å². The van der Waals surface area contributed by atoms with Crippen LogP contribution in [0.5, 0.6) is 0 Å². The number of nitrogens with zero attached hydrogens (tertiary/aromatic N) is 1. The lowest BCUT2D eigenvalue weighted by atomic mass is 10.0. The maximum absolute atomic E-state index is 11.7. The first-order chi connectivity index (χ1) is 8.06. The van der Waals surface area contributed by atoms with Gasteiger partial charge in [-0.05, 0) is 25.9 Å². The first kappa shape index (κ1) is 16.4. The monoisotopic (exact) mass is 244 g/mol. The normalized spacial score (nSPS) is 13.1. The third kappa shape index (κ3) is 6.64. The molecule has 0 fully saturated rings. The second-order valence-corrected chi connectivity index (χ2v) is 4.45. The van der Waals surface area contributed by atoms with Crippen molar-refractivity contribution in [3.63, 3.8) is 0 Å². The summed E-state index contributed by atoms with van der Waals surface area (Å²) in [5.74, 6) is 0.118. The van der Waals surface area contributed by atoms with Gasteiger partial charge in [-0.25, -0.2) is 0 Å². The Kier molecular flexibility index (Phi) is 9.09. The number of likely N-dealkylation sites (N-methyl/N-ethyl adjacent to an activating group) is 1. The van der Waals surface area contributed by atoms with Crippen LogP contribution in [0.25, 0.3) is 0 Å². The molecule has 17 heavy (non-hydrogen) atoms. The summed E-state index contributed by atoms with van der Waals surface area (Å²) in [4.78, 5) is 14.0. The highest BCUT2D eigenvalue weighted by Crippen LogP contribution is 2.03. The van der Waals surface area contributed by atoms with Crippen LogP contribution in [0, 0.1) is 5.92 Å². The number of nitrogens with one attached hydrogen (secondary N) is 1. The van der Waals surface area contributed by atoms with Crippen LogP contribution in [0.3, 0.4) is 0 Å². The van der Waals surface area contributed by atoms with Crippen LogP contribution in [-0.4, -0.2) is 49.7 Å². The van der Waals surface area contributed by atoms with E-state index in [9.17, 15) is 4.79 Å². The van der Waals surface area contributed by atoms with Gasteiger partial charge in [-0.15, -0.1) is 0 Å². The molecule has 0 aliphatic rings. The fourth-order valence-corrected chi connectivity index (χ4v) is 1.74. The van der Waals surface area contributed by atoms with Crippen LogP contribution < -0.4 is 5.32 Å². The van der Waals surface area contributed by atoms with E-state index in [0.717, 1.165) is 26.2 Å². The van der Waals surface area contributed by atoms with Gasteiger partial charge < -0.3 is 15.0 Å². The third-order valence-electron chi connectivity index (χ3n) is 2.89. The first-order valence-corrected chi connectivity index (χ1v) is 6.69. The summed E-state index contributed by atoms with van der Waals surface area (Å²) in [6.45, 7) is 14.5. The zero-order valence-corrected chi connectivity index (χ0v) is 12.0. The summed E-state index contributed by atoms with van der Waals surface area (Å²) in [6.07, 6.45) is 0. The van der Waals surface area contributed by atoms with Crippen LogP contribution in [0.4, 0.5) is 0 Å². The van der Waals surface area contributed by atoms with Gasteiger partial charge in [0.2, 0.25) is 0 Å². The van der Waals surface area contributed by atoms with Crippen molar-refractivity contribution in [2.75, 3.05) is 32.8 Å². The lowest BCUT2D eigenvalue weighted by Crippen LogP contribution is -2.45. The number of esters is 1. The molecule has 1 atom stereocenters. The molecule has 0 aromatic carbocycles. The molecule has 0 heterocycles. The number of ether oxygens (including phenoxy) is 1. The van der Waals surface area contributed by atoms with E-state index in [0.29, 0.717) is 6.61 Å². The molecule has 0 amide bonds. The molecule has 0 saturated carbocycles. The molecule has 0 spiro atoms. The lowest BCUT2D eigenvalue weighted by Gasteiger charge is -2.23. The highest BCUT2D eigenvalue weighted by molar-refractivity contribution is 5.76. The number of hydrogen-bond donors (Lipinski definition) is 1. The van der Waals surface area contributed by atoms with Crippen LogP contribution in [0.15, 0.2) is 0 Å². The van der Waals surface area contributed by atoms with Gasteiger partial charge in [0.05, 0.1) is 6.61 Å². The molecule has 1 unspecified atom stereocenters. The van der Waals surface area contributed by atoms with Crippen molar-refractivity contribution < 1.29 is 9.53 Å². The fourth-order valence-electron chi connectivity index (χ4n) is 1.74. The average Bonchev–Trinajstić information content (AvgIpc) is 2.29. The zero-order valence-electron chi connectivity index (χ0n) is 12.0. The van der Waals surface area contributed by atoms with Crippen molar-refractivity contribution in [3.8, 4) is 0 Å². The Morgan fingerprint density at radius 3 is 2.24 bits per heavy atom. The molecule has 0 bridgehead atoms. The quantitative estimate of drug-likeness (QED) is 0.624. The van der Waals surface area contributed by atoms with Crippen molar-refractivity contribution in [1.82, 2.24) is 10.2 Å². The molecule has 1 N–H and O–H groups in total. The van der Waals surface area contributed by atoms with Crippen molar-refractivity contribution in [1.29, 1.82) is 0 Å². The number of rotatable bonds is 9. The molecule has 0 aromatic rings. The Balaban J connectivity index is 4.05. The molecule has 0 aromatic heterocycles. The molecule has 0 aliphatic heterocycles. The van der Waals surface area contributed by atoms with Crippen LogP contribution in [0.1, 0.15) is 34.6 Å². The summed E-state index contributed by atoms with van der Waals surface area (Å²) < 4.78 is 5.06. The van der Waals surface area contributed by atoms with Crippen molar-refractivity contribution in [3.05, 3.63) is 0 Å². The van der Waals surface area contributed by atoms with Gasteiger partial charge in [-0.2, -0.15) is 0 Å². The molecule has 0 aliphatic carbocycles. The Bertz CT molecular complexity index is 204. The summed E-state index contributed by atoms with van der Waals surface area (Å²) in [5.41, 5.74) is 0. The Morgan fingerprint density at radius 2 is 1.82 bits per heavy atom. The largest absolute Gasteiger partial charge is 0.465 e. The maximum Gasteiger partial charge on any atom is 0.323 e. The average molecular weight is 244 g/mol. The Morgan fingerprint density at radius 1 is 1.24 bits per heavy atom. The number of carbonyl (C=O) groups excluding carboxylic acids is 1. The SMILES string of the molecule is CCOC(=O)C(NCCN(CC)CC)C(C)C.